The Labute approximate surface area is 283 Å². The number of hydrogen-bond acceptors (Lipinski definition) is 8. The van der Waals surface area contributed by atoms with E-state index in [9.17, 15) is 19.5 Å². The molecular formula is C37H50N4O7. The van der Waals surface area contributed by atoms with Crippen molar-refractivity contribution in [3.63, 3.8) is 0 Å². The van der Waals surface area contributed by atoms with Crippen LogP contribution in [-0.4, -0.2) is 96.8 Å². The maximum atomic E-state index is 13.9. The van der Waals surface area contributed by atoms with Gasteiger partial charge >= 0.3 is 0 Å². The van der Waals surface area contributed by atoms with E-state index >= 15 is 0 Å². The smallest absolute Gasteiger partial charge is 0.251 e. The number of carbonyl (C=O) groups excluding carboxylic acids is 3. The van der Waals surface area contributed by atoms with E-state index in [0.29, 0.717) is 100 Å². The highest BCUT2D eigenvalue weighted by Crippen LogP contribution is 2.37. The van der Waals surface area contributed by atoms with Gasteiger partial charge in [-0.15, -0.1) is 0 Å². The average Bonchev–Trinajstić information content (AvgIpc) is 3.95. The van der Waals surface area contributed by atoms with E-state index in [1.165, 1.54) is 12.8 Å². The van der Waals surface area contributed by atoms with Gasteiger partial charge < -0.3 is 34.9 Å². The molecule has 6 rings (SSSR count). The van der Waals surface area contributed by atoms with Crippen LogP contribution in [0, 0.1) is 11.8 Å². The second kappa shape index (κ2) is 15.3. The molecule has 11 nitrogen and oxygen atoms in total. The lowest BCUT2D eigenvalue weighted by molar-refractivity contribution is -0.166. The number of ether oxygens (including phenoxy) is 3. The van der Waals surface area contributed by atoms with Crippen LogP contribution in [0.5, 0.6) is 17.2 Å². The van der Waals surface area contributed by atoms with Crippen LogP contribution in [0.4, 0.5) is 0 Å². The monoisotopic (exact) mass is 662 g/mol. The molecule has 11 heteroatoms. The summed E-state index contributed by atoms with van der Waals surface area (Å²) in [7, 11) is 1.56. The number of unbranched alkanes of at least 4 members (excludes halogenated alkanes) is 1. The SMILES string of the molecule is CCCCN1C(=O)[C@@H]([C@H](O)C2CCOCC2)NC(=O)C12CCN(Cc1ccc(Oc3ccc(C(=O)NCC4CC4)cc3OC)cc1)CC2. The van der Waals surface area contributed by atoms with Crippen LogP contribution in [0.25, 0.3) is 0 Å². The number of benzene rings is 2. The summed E-state index contributed by atoms with van der Waals surface area (Å²) in [5.74, 6) is 1.80. The zero-order chi connectivity index (χ0) is 33.7. The molecule has 2 atom stereocenters. The number of amides is 3. The van der Waals surface area contributed by atoms with E-state index in [2.05, 4.69) is 22.5 Å². The number of likely N-dealkylation sites (tertiary alicyclic amines) is 1. The fourth-order valence-corrected chi connectivity index (χ4v) is 7.22. The lowest BCUT2D eigenvalue weighted by atomic mass is 9.79. The summed E-state index contributed by atoms with van der Waals surface area (Å²) in [4.78, 5) is 44.3. The third kappa shape index (κ3) is 7.63. The summed E-state index contributed by atoms with van der Waals surface area (Å²) in [6, 6.07) is 12.2. The molecule has 0 unspecified atom stereocenters. The van der Waals surface area contributed by atoms with Crippen LogP contribution < -0.4 is 20.1 Å². The molecule has 3 heterocycles. The van der Waals surface area contributed by atoms with Gasteiger partial charge in [0.25, 0.3) is 5.91 Å². The Bertz CT molecular complexity index is 1430. The van der Waals surface area contributed by atoms with Crippen LogP contribution in [0.2, 0.25) is 0 Å². The van der Waals surface area contributed by atoms with Crippen LogP contribution in [0.3, 0.4) is 0 Å². The quantitative estimate of drug-likeness (QED) is 0.295. The van der Waals surface area contributed by atoms with Crippen molar-refractivity contribution in [3.05, 3.63) is 53.6 Å². The van der Waals surface area contributed by atoms with Crippen molar-refractivity contribution < 1.29 is 33.7 Å². The van der Waals surface area contributed by atoms with E-state index < -0.39 is 17.7 Å². The Hall–Kier alpha value is -3.67. The number of piperidine rings is 1. The molecule has 2 aromatic rings. The van der Waals surface area contributed by atoms with E-state index in [0.717, 1.165) is 18.4 Å². The minimum Gasteiger partial charge on any atom is -0.493 e. The number of nitrogens with one attached hydrogen (secondary N) is 2. The molecular weight excluding hydrogens is 612 g/mol. The van der Waals surface area contributed by atoms with Gasteiger partial charge in [0.2, 0.25) is 11.8 Å². The highest BCUT2D eigenvalue weighted by molar-refractivity contribution is 6.00. The second-order valence-corrected chi connectivity index (χ2v) is 13.8. The van der Waals surface area contributed by atoms with Gasteiger partial charge in [0.05, 0.1) is 13.2 Å². The zero-order valence-electron chi connectivity index (χ0n) is 28.2. The van der Waals surface area contributed by atoms with Gasteiger partial charge in [-0.25, -0.2) is 0 Å². The van der Waals surface area contributed by atoms with Gasteiger partial charge in [-0.05, 0) is 92.7 Å². The number of carbonyl (C=O) groups is 3. The van der Waals surface area contributed by atoms with E-state index in [-0.39, 0.29) is 23.6 Å². The highest BCUT2D eigenvalue weighted by Gasteiger charge is 2.55. The van der Waals surface area contributed by atoms with Crippen molar-refractivity contribution >= 4 is 17.7 Å². The van der Waals surface area contributed by atoms with Gasteiger partial charge in [0.15, 0.2) is 11.5 Å². The van der Waals surface area contributed by atoms with Crippen molar-refractivity contribution in [2.24, 2.45) is 11.8 Å². The van der Waals surface area contributed by atoms with Crippen molar-refractivity contribution in [3.8, 4) is 17.2 Å². The van der Waals surface area contributed by atoms with Crippen LogP contribution in [0.15, 0.2) is 42.5 Å². The molecule has 48 heavy (non-hydrogen) atoms. The number of piperazine rings is 1. The van der Waals surface area contributed by atoms with Gasteiger partial charge in [-0.2, -0.15) is 0 Å². The maximum Gasteiger partial charge on any atom is 0.251 e. The molecule has 3 amide bonds. The lowest BCUT2D eigenvalue weighted by Gasteiger charge is -2.52. The van der Waals surface area contributed by atoms with Crippen molar-refractivity contribution in [2.45, 2.75) is 82.5 Å². The summed E-state index contributed by atoms with van der Waals surface area (Å²) in [6.07, 6.45) is 5.63. The summed E-state index contributed by atoms with van der Waals surface area (Å²) in [6.45, 7) is 6.49. The summed E-state index contributed by atoms with van der Waals surface area (Å²) < 4.78 is 17.1. The Morgan fingerprint density at radius 1 is 1.06 bits per heavy atom. The highest BCUT2D eigenvalue weighted by atomic mass is 16.5. The molecule has 2 aromatic carbocycles. The maximum absolute atomic E-state index is 13.9. The van der Waals surface area contributed by atoms with Crippen LogP contribution in [0.1, 0.15) is 74.2 Å². The first-order valence-electron chi connectivity index (χ1n) is 17.6. The second-order valence-electron chi connectivity index (χ2n) is 13.8. The molecule has 3 aliphatic heterocycles. The molecule has 3 saturated heterocycles. The van der Waals surface area contributed by atoms with Gasteiger partial charge in [0, 0.05) is 51.5 Å². The summed E-state index contributed by atoms with van der Waals surface area (Å²) in [5.41, 5.74) is 0.757. The fraction of sp³-hybridized carbons (Fsp3) is 0.595. The predicted octanol–water partition coefficient (Wildman–Crippen LogP) is 3.88. The van der Waals surface area contributed by atoms with E-state index in [1.807, 2.05) is 24.3 Å². The third-order valence-electron chi connectivity index (χ3n) is 10.5. The van der Waals surface area contributed by atoms with Gasteiger partial charge in [-0.3, -0.25) is 19.3 Å². The number of hydrogen-bond donors (Lipinski definition) is 3. The largest absolute Gasteiger partial charge is 0.493 e. The lowest BCUT2D eigenvalue weighted by Crippen LogP contribution is -2.75. The first kappa shape index (κ1) is 34.2. The normalized spacial score (nSPS) is 22.3. The molecule has 0 bridgehead atoms. The van der Waals surface area contributed by atoms with Crippen molar-refractivity contribution in [2.75, 3.05) is 46.5 Å². The Balaban J connectivity index is 1.05. The van der Waals surface area contributed by atoms with E-state index in [1.54, 1.807) is 30.2 Å². The topological polar surface area (TPSA) is 130 Å². The number of aliphatic hydroxyl groups excluding tert-OH is 1. The average molecular weight is 663 g/mol. The Kier molecular flexibility index (Phi) is 10.9. The molecule has 0 radical (unpaired) electrons. The Morgan fingerprint density at radius 2 is 1.79 bits per heavy atom. The molecule has 3 N–H and O–H groups in total. The fourth-order valence-electron chi connectivity index (χ4n) is 7.22. The van der Waals surface area contributed by atoms with Crippen LogP contribution >= 0.6 is 0 Å². The van der Waals surface area contributed by atoms with Crippen molar-refractivity contribution in [1.82, 2.24) is 20.4 Å². The molecule has 4 aliphatic rings. The van der Waals surface area contributed by atoms with Crippen molar-refractivity contribution in [1.29, 1.82) is 0 Å². The minimum absolute atomic E-state index is 0.0641. The molecule has 1 saturated carbocycles. The standard InChI is InChI=1S/C37H50N4O7/c1-3-4-17-41-35(44)32(33(42)27-13-20-47-21-14-27)39-36(45)37(41)15-18-40(19-16-37)24-26-7-10-29(11-8-26)48-30-12-9-28(22-31(30)46-2)34(43)38-23-25-5-6-25/h7-12,22,25,27,32-33,42H,3-6,13-21,23-24H2,1-2H3,(H,38,43)(H,39,45)/t32-,33-/m1/s1. The van der Waals surface area contributed by atoms with Gasteiger partial charge in [0.1, 0.15) is 17.3 Å². The van der Waals surface area contributed by atoms with Crippen LogP contribution in [-0.2, 0) is 20.9 Å². The molecule has 1 aliphatic carbocycles. The zero-order valence-corrected chi connectivity index (χ0v) is 28.2. The first-order valence-corrected chi connectivity index (χ1v) is 17.6. The van der Waals surface area contributed by atoms with Gasteiger partial charge in [-0.1, -0.05) is 25.5 Å². The molecule has 4 fully saturated rings. The third-order valence-corrected chi connectivity index (χ3v) is 10.5. The molecule has 260 valence electrons. The summed E-state index contributed by atoms with van der Waals surface area (Å²) >= 11 is 0. The number of methoxy groups -OCH3 is 1. The number of nitrogens with zero attached hydrogens (tertiary/aromatic N) is 2. The number of rotatable bonds is 13. The number of aliphatic hydroxyl groups is 1. The first-order chi connectivity index (χ1) is 23.3. The molecule has 0 aromatic heterocycles. The van der Waals surface area contributed by atoms with E-state index in [4.69, 9.17) is 14.2 Å². The molecule has 1 spiro atoms. The minimum atomic E-state index is -0.914. The predicted molar refractivity (Wildman–Crippen MR) is 180 cm³/mol. The Morgan fingerprint density at radius 3 is 2.46 bits per heavy atom. The summed E-state index contributed by atoms with van der Waals surface area (Å²) in [5, 5.41) is 17.1.